The van der Waals surface area contributed by atoms with Crippen molar-refractivity contribution in [2.24, 2.45) is 0 Å². The van der Waals surface area contributed by atoms with E-state index in [0.29, 0.717) is 0 Å². The third-order valence-corrected chi connectivity index (χ3v) is 5.51. The van der Waals surface area contributed by atoms with Crippen molar-refractivity contribution < 1.29 is 59.2 Å². The standard InChI is InChI=1S/C23H22O13/c1-8(24)33-7-15-17(29)19(31)20(32)23(35-15)36-22-18(30)16-13(28)5-10(25)6-14(16)34-21(22)9-2-3-11(26)12(27)4-9/h2-6,15,17,19-20,23,25-29,31-32H,7H2,1H3/t15-,17+,19-,20-,23+/m1/s1. The molecule has 192 valence electrons. The van der Waals surface area contributed by atoms with Crippen molar-refractivity contribution in [2.45, 2.75) is 37.6 Å². The zero-order chi connectivity index (χ0) is 26.3. The van der Waals surface area contributed by atoms with Gasteiger partial charge in [-0.25, -0.2) is 0 Å². The average molecular weight is 506 g/mol. The number of phenolic OH excluding ortho intramolecular Hbond substituents is 4. The fraction of sp³-hybridized carbons (Fsp3) is 0.304. The van der Waals surface area contributed by atoms with E-state index in [1.54, 1.807) is 0 Å². The van der Waals surface area contributed by atoms with Gasteiger partial charge in [-0.3, -0.25) is 9.59 Å². The Morgan fingerprint density at radius 3 is 2.33 bits per heavy atom. The number of ether oxygens (including phenoxy) is 3. The van der Waals surface area contributed by atoms with Gasteiger partial charge in [-0.1, -0.05) is 0 Å². The second-order valence-corrected chi connectivity index (χ2v) is 8.07. The normalized spacial score (nSPS) is 23.9. The summed E-state index contributed by atoms with van der Waals surface area (Å²) in [4.78, 5) is 24.5. The van der Waals surface area contributed by atoms with Crippen molar-refractivity contribution >= 4 is 16.9 Å². The highest BCUT2D eigenvalue weighted by Gasteiger charge is 2.46. The third kappa shape index (κ3) is 4.59. The Hall–Kier alpha value is -4.04. The molecule has 0 amide bonds. The first kappa shape index (κ1) is 25.1. The predicted octanol–water partition coefficient (Wildman–Crippen LogP) is 0.0319. The highest BCUT2D eigenvalue weighted by molar-refractivity contribution is 5.88. The van der Waals surface area contributed by atoms with Gasteiger partial charge in [0.05, 0.1) is 0 Å². The lowest BCUT2D eigenvalue weighted by atomic mass is 9.99. The molecule has 13 heteroatoms. The van der Waals surface area contributed by atoms with Crippen LogP contribution in [0.3, 0.4) is 0 Å². The summed E-state index contributed by atoms with van der Waals surface area (Å²) >= 11 is 0. The van der Waals surface area contributed by atoms with E-state index in [0.717, 1.165) is 31.2 Å². The average Bonchev–Trinajstić information content (AvgIpc) is 2.81. The van der Waals surface area contributed by atoms with Crippen molar-refractivity contribution in [3.63, 3.8) is 0 Å². The Bertz CT molecular complexity index is 1360. The first-order valence-corrected chi connectivity index (χ1v) is 10.5. The van der Waals surface area contributed by atoms with Crippen LogP contribution in [0.25, 0.3) is 22.3 Å². The number of rotatable bonds is 5. The van der Waals surface area contributed by atoms with Crippen LogP contribution in [0.2, 0.25) is 0 Å². The molecular formula is C23H22O13. The molecule has 0 radical (unpaired) electrons. The number of aliphatic hydroxyl groups is 3. The molecule has 13 nitrogen and oxygen atoms in total. The number of aromatic hydroxyl groups is 4. The van der Waals surface area contributed by atoms with E-state index >= 15 is 0 Å². The molecule has 0 bridgehead atoms. The van der Waals surface area contributed by atoms with Gasteiger partial charge >= 0.3 is 5.97 Å². The minimum absolute atomic E-state index is 0.00415. The Morgan fingerprint density at radius 1 is 0.944 bits per heavy atom. The van der Waals surface area contributed by atoms with Crippen molar-refractivity contribution in [3.05, 3.63) is 40.6 Å². The lowest BCUT2D eigenvalue weighted by Crippen LogP contribution is -2.60. The summed E-state index contributed by atoms with van der Waals surface area (Å²) in [5, 5.41) is 70.1. The number of phenols is 4. The van der Waals surface area contributed by atoms with Crippen LogP contribution in [0.5, 0.6) is 28.7 Å². The quantitative estimate of drug-likeness (QED) is 0.180. The van der Waals surface area contributed by atoms with Gasteiger partial charge in [0.15, 0.2) is 17.3 Å². The van der Waals surface area contributed by atoms with Gasteiger partial charge in [0, 0.05) is 24.6 Å². The molecule has 5 atom stereocenters. The molecule has 1 aliphatic rings. The third-order valence-electron chi connectivity index (χ3n) is 5.51. The lowest BCUT2D eigenvalue weighted by molar-refractivity contribution is -0.278. The Labute approximate surface area is 201 Å². The van der Waals surface area contributed by atoms with E-state index in [-0.39, 0.29) is 16.9 Å². The van der Waals surface area contributed by atoms with E-state index in [1.807, 2.05) is 0 Å². The SMILES string of the molecule is CC(=O)OC[C@H]1O[C@@H](Oc2c(-c3ccc(O)c(O)c3)oc3cc(O)cc(O)c3c2=O)[C@H](O)[C@H](O)[C@H]1O. The molecule has 36 heavy (non-hydrogen) atoms. The Morgan fingerprint density at radius 2 is 1.67 bits per heavy atom. The minimum Gasteiger partial charge on any atom is -0.508 e. The summed E-state index contributed by atoms with van der Waals surface area (Å²) in [5.74, 6) is -3.84. The maximum Gasteiger partial charge on any atom is 0.302 e. The monoisotopic (exact) mass is 506 g/mol. The molecule has 2 aromatic carbocycles. The fourth-order valence-electron chi connectivity index (χ4n) is 3.70. The molecule has 1 aromatic heterocycles. The van der Waals surface area contributed by atoms with Gasteiger partial charge < -0.3 is 54.4 Å². The molecular weight excluding hydrogens is 484 g/mol. The number of fused-ring (bicyclic) bond motifs is 1. The van der Waals surface area contributed by atoms with Crippen LogP contribution in [0.1, 0.15) is 6.92 Å². The number of carbonyl (C=O) groups is 1. The Balaban J connectivity index is 1.84. The molecule has 0 saturated carbocycles. The van der Waals surface area contributed by atoms with Crippen LogP contribution in [-0.4, -0.2) is 79.0 Å². The summed E-state index contributed by atoms with van der Waals surface area (Å²) in [6.45, 7) is 0.601. The molecule has 3 aromatic rings. The van der Waals surface area contributed by atoms with Gasteiger partial charge in [0.1, 0.15) is 53.5 Å². The summed E-state index contributed by atoms with van der Waals surface area (Å²) in [6.07, 6.45) is -8.54. The van der Waals surface area contributed by atoms with Gasteiger partial charge in [-0.15, -0.1) is 0 Å². The summed E-state index contributed by atoms with van der Waals surface area (Å²) in [6, 6.07) is 5.32. The predicted molar refractivity (Wildman–Crippen MR) is 119 cm³/mol. The first-order valence-electron chi connectivity index (χ1n) is 10.5. The second kappa shape index (κ2) is 9.54. The van der Waals surface area contributed by atoms with E-state index < -0.39 is 82.8 Å². The van der Waals surface area contributed by atoms with Crippen LogP contribution in [0.4, 0.5) is 0 Å². The first-order chi connectivity index (χ1) is 17.0. The second-order valence-electron chi connectivity index (χ2n) is 8.07. The van der Waals surface area contributed by atoms with Gasteiger partial charge in [0.25, 0.3) is 0 Å². The molecule has 1 saturated heterocycles. The summed E-state index contributed by atoms with van der Waals surface area (Å²) < 4.78 is 21.5. The topological polar surface area (TPSA) is 217 Å². The van der Waals surface area contributed by atoms with Crippen LogP contribution in [0, 0.1) is 0 Å². The molecule has 1 fully saturated rings. The number of hydrogen-bond acceptors (Lipinski definition) is 13. The van der Waals surface area contributed by atoms with E-state index in [1.165, 1.54) is 6.07 Å². The number of aliphatic hydroxyl groups excluding tert-OH is 3. The minimum atomic E-state index is -1.89. The number of carbonyl (C=O) groups excluding carboxylic acids is 1. The molecule has 4 rings (SSSR count). The molecule has 2 heterocycles. The maximum atomic E-state index is 13.4. The van der Waals surface area contributed by atoms with E-state index in [4.69, 9.17) is 18.6 Å². The van der Waals surface area contributed by atoms with Crippen LogP contribution >= 0.6 is 0 Å². The summed E-state index contributed by atoms with van der Waals surface area (Å²) in [7, 11) is 0. The van der Waals surface area contributed by atoms with Crippen molar-refractivity contribution in [1.82, 2.24) is 0 Å². The molecule has 0 unspecified atom stereocenters. The van der Waals surface area contributed by atoms with Crippen LogP contribution in [-0.2, 0) is 14.3 Å². The zero-order valence-electron chi connectivity index (χ0n) is 18.6. The molecule has 7 N–H and O–H groups in total. The van der Waals surface area contributed by atoms with Crippen LogP contribution in [0.15, 0.2) is 39.5 Å². The van der Waals surface area contributed by atoms with Crippen LogP contribution < -0.4 is 10.2 Å². The lowest BCUT2D eigenvalue weighted by Gasteiger charge is -2.39. The van der Waals surface area contributed by atoms with Crippen molar-refractivity contribution in [1.29, 1.82) is 0 Å². The van der Waals surface area contributed by atoms with E-state index in [9.17, 15) is 45.3 Å². The molecule has 0 spiro atoms. The fourth-order valence-corrected chi connectivity index (χ4v) is 3.70. The van der Waals surface area contributed by atoms with Crippen molar-refractivity contribution in [3.8, 4) is 40.1 Å². The maximum absolute atomic E-state index is 13.4. The van der Waals surface area contributed by atoms with E-state index in [2.05, 4.69) is 0 Å². The number of esters is 1. The number of benzene rings is 2. The highest BCUT2D eigenvalue weighted by atomic mass is 16.7. The number of hydrogen-bond donors (Lipinski definition) is 7. The van der Waals surface area contributed by atoms with Crippen molar-refractivity contribution in [2.75, 3.05) is 6.61 Å². The van der Waals surface area contributed by atoms with Gasteiger partial charge in [-0.05, 0) is 18.2 Å². The van der Waals surface area contributed by atoms with Gasteiger partial charge in [-0.2, -0.15) is 0 Å². The molecule has 0 aliphatic carbocycles. The van der Waals surface area contributed by atoms with Gasteiger partial charge in [0.2, 0.25) is 17.5 Å². The summed E-state index contributed by atoms with van der Waals surface area (Å²) in [5.41, 5.74) is -1.24. The largest absolute Gasteiger partial charge is 0.508 e. The molecule has 1 aliphatic heterocycles. The Kier molecular flexibility index (Phi) is 6.65. The zero-order valence-corrected chi connectivity index (χ0v) is 18.6. The smallest absolute Gasteiger partial charge is 0.302 e. The highest BCUT2D eigenvalue weighted by Crippen LogP contribution is 2.39.